The van der Waals surface area contributed by atoms with Crippen molar-refractivity contribution in [1.29, 1.82) is 0 Å². The van der Waals surface area contributed by atoms with Crippen LogP contribution in [0, 0.1) is 40.4 Å². The van der Waals surface area contributed by atoms with Gasteiger partial charge >= 0.3 is 11.9 Å². The molecule has 0 N–H and O–H groups in total. The van der Waals surface area contributed by atoms with Crippen LogP contribution >= 0.6 is 0 Å². The van der Waals surface area contributed by atoms with Gasteiger partial charge in [-0.25, -0.2) is 4.79 Å². The number of esters is 2. The third kappa shape index (κ3) is 4.30. The highest BCUT2D eigenvalue weighted by molar-refractivity contribution is 6.33. The number of carbonyl (C=O) groups is 3. The van der Waals surface area contributed by atoms with E-state index in [1.165, 1.54) is 45.3 Å². The van der Waals surface area contributed by atoms with E-state index in [0.717, 1.165) is 49.9 Å². The average molecular weight is 459 g/mol. The number of fused-ring (bicyclic) bond motifs is 5. The van der Waals surface area contributed by atoms with Crippen LogP contribution in [0.4, 0.5) is 0 Å². The number of carbonyl (C=O) groups excluding carboxylic acids is 3. The van der Waals surface area contributed by atoms with Gasteiger partial charge in [0.2, 0.25) is 5.78 Å². The first-order valence-electron chi connectivity index (χ1n) is 13.1. The van der Waals surface area contributed by atoms with E-state index >= 15 is 0 Å². The van der Waals surface area contributed by atoms with Crippen molar-refractivity contribution in [3.05, 3.63) is 11.6 Å². The molecular weight excluding hydrogens is 416 g/mol. The van der Waals surface area contributed by atoms with Crippen LogP contribution in [0.25, 0.3) is 0 Å². The Morgan fingerprint density at radius 2 is 1.85 bits per heavy atom. The van der Waals surface area contributed by atoms with Gasteiger partial charge in [-0.15, -0.1) is 0 Å². The molecule has 0 aliphatic heterocycles. The Hall–Kier alpha value is -1.65. The summed E-state index contributed by atoms with van der Waals surface area (Å²) in [6, 6.07) is 0. The second-order valence-corrected chi connectivity index (χ2v) is 11.9. The van der Waals surface area contributed by atoms with E-state index in [4.69, 9.17) is 4.74 Å². The summed E-state index contributed by atoms with van der Waals surface area (Å²) in [5.41, 5.74) is 2.11. The number of allylic oxidation sites excluding steroid dienone is 1. The zero-order chi connectivity index (χ0) is 24.0. The highest BCUT2D eigenvalue weighted by Crippen LogP contribution is 2.67. The molecule has 3 saturated carbocycles. The van der Waals surface area contributed by atoms with E-state index in [1.807, 2.05) is 0 Å². The summed E-state index contributed by atoms with van der Waals surface area (Å²) in [6.45, 7) is 8.80. The lowest BCUT2D eigenvalue weighted by Crippen LogP contribution is -2.51. The topological polar surface area (TPSA) is 69.7 Å². The normalized spacial score (nSPS) is 40.5. The molecule has 0 bridgehead atoms. The summed E-state index contributed by atoms with van der Waals surface area (Å²) >= 11 is 0. The molecule has 0 aromatic carbocycles. The molecule has 4 aliphatic rings. The summed E-state index contributed by atoms with van der Waals surface area (Å²) in [5, 5.41) is 0. The van der Waals surface area contributed by atoms with E-state index in [2.05, 4.69) is 31.6 Å². The van der Waals surface area contributed by atoms with E-state index in [-0.39, 0.29) is 17.5 Å². The Balaban J connectivity index is 1.46. The van der Waals surface area contributed by atoms with Crippen molar-refractivity contribution >= 4 is 17.7 Å². The predicted octanol–water partition coefficient (Wildman–Crippen LogP) is 5.66. The fourth-order valence-corrected chi connectivity index (χ4v) is 8.71. The van der Waals surface area contributed by atoms with E-state index in [0.29, 0.717) is 23.7 Å². The van der Waals surface area contributed by atoms with Crippen molar-refractivity contribution in [2.45, 2.75) is 98.0 Å². The van der Waals surface area contributed by atoms with Crippen molar-refractivity contribution in [3.8, 4) is 0 Å². The van der Waals surface area contributed by atoms with Crippen LogP contribution in [0.5, 0.6) is 0 Å². The van der Waals surface area contributed by atoms with Crippen LogP contribution in [0.15, 0.2) is 11.6 Å². The van der Waals surface area contributed by atoms with E-state index < -0.39 is 11.8 Å². The molecule has 0 unspecified atom stereocenters. The van der Waals surface area contributed by atoms with Crippen LogP contribution in [0.2, 0.25) is 0 Å². The van der Waals surface area contributed by atoms with Crippen LogP contribution in [0.1, 0.15) is 91.9 Å². The SMILES string of the molecule is COC(=O)C(=O)CC[C@@H](C)[C@H]1CC[C@H]2[C@@H]3CC=C4C[C@@H](OC(C)=O)CC[C@]4(C)[C@H]3CC[C@]12C. The number of ketones is 1. The van der Waals surface area contributed by atoms with Gasteiger partial charge in [0.05, 0.1) is 7.11 Å². The summed E-state index contributed by atoms with van der Waals surface area (Å²) < 4.78 is 10.2. The number of methoxy groups -OCH3 is 1. The van der Waals surface area contributed by atoms with Crippen molar-refractivity contribution in [3.63, 3.8) is 0 Å². The maximum absolute atomic E-state index is 12.0. The molecule has 3 fully saturated rings. The highest BCUT2D eigenvalue weighted by atomic mass is 16.5. The van der Waals surface area contributed by atoms with Crippen LogP contribution in [-0.2, 0) is 23.9 Å². The summed E-state index contributed by atoms with van der Waals surface area (Å²) in [5.74, 6) is 1.99. The largest absolute Gasteiger partial charge is 0.463 e. The Kier molecular flexibility index (Phi) is 6.81. The molecule has 4 aliphatic carbocycles. The maximum Gasteiger partial charge on any atom is 0.374 e. The van der Waals surface area contributed by atoms with Gasteiger partial charge in [0.1, 0.15) is 6.10 Å². The standard InChI is InChI=1S/C28H42O5/c1-17(6-11-25(30)26(31)32-5)22-9-10-23-21-8-7-19-16-20(33-18(2)29)12-14-27(19,3)24(21)13-15-28(22,23)4/h7,17,20-24H,6,8-16H2,1-5H3/t17-,20+,21+,22-,23+,24+,27+,28-/m1/s1. The molecule has 5 nitrogen and oxygen atoms in total. The molecule has 0 amide bonds. The summed E-state index contributed by atoms with van der Waals surface area (Å²) in [6.07, 6.45) is 12.9. The van der Waals surface area contributed by atoms with Crippen LogP contribution in [0.3, 0.4) is 0 Å². The Morgan fingerprint density at radius 3 is 2.55 bits per heavy atom. The molecule has 0 heterocycles. The average Bonchev–Trinajstić information content (AvgIpc) is 3.13. The summed E-state index contributed by atoms with van der Waals surface area (Å²) in [7, 11) is 1.28. The van der Waals surface area contributed by atoms with Gasteiger partial charge in [0.15, 0.2) is 0 Å². The molecule has 8 atom stereocenters. The zero-order valence-corrected chi connectivity index (χ0v) is 21.2. The molecular formula is C28H42O5. The van der Waals surface area contributed by atoms with Gasteiger partial charge in [-0.1, -0.05) is 32.4 Å². The van der Waals surface area contributed by atoms with Gasteiger partial charge in [-0.3, -0.25) is 9.59 Å². The minimum atomic E-state index is -0.709. The first-order valence-corrected chi connectivity index (χ1v) is 13.1. The van der Waals surface area contributed by atoms with Crippen molar-refractivity contribution in [2.24, 2.45) is 40.4 Å². The molecule has 184 valence electrons. The monoisotopic (exact) mass is 458 g/mol. The van der Waals surface area contributed by atoms with Crippen molar-refractivity contribution in [1.82, 2.24) is 0 Å². The third-order valence-electron chi connectivity index (χ3n) is 10.4. The molecule has 0 saturated heterocycles. The molecule has 0 aromatic heterocycles. The molecule has 0 aromatic rings. The molecule has 33 heavy (non-hydrogen) atoms. The Labute approximate surface area is 199 Å². The van der Waals surface area contributed by atoms with Gasteiger partial charge in [-0.2, -0.15) is 0 Å². The number of Topliss-reactive ketones (excluding diaryl/α,β-unsaturated/α-hetero) is 1. The second kappa shape index (κ2) is 9.19. The van der Waals surface area contributed by atoms with E-state index in [9.17, 15) is 14.4 Å². The Morgan fingerprint density at radius 1 is 1.09 bits per heavy atom. The first kappa shape index (κ1) is 24.5. The van der Waals surface area contributed by atoms with Gasteiger partial charge in [-0.05, 0) is 91.8 Å². The molecule has 5 heteroatoms. The van der Waals surface area contributed by atoms with Crippen molar-refractivity contribution < 1.29 is 23.9 Å². The molecule has 0 radical (unpaired) electrons. The van der Waals surface area contributed by atoms with E-state index in [1.54, 1.807) is 0 Å². The first-order chi connectivity index (χ1) is 15.6. The third-order valence-corrected chi connectivity index (χ3v) is 10.4. The second-order valence-electron chi connectivity index (χ2n) is 11.9. The maximum atomic E-state index is 12.0. The zero-order valence-electron chi connectivity index (χ0n) is 21.2. The fraction of sp³-hybridized carbons (Fsp3) is 0.821. The van der Waals surface area contributed by atoms with Crippen LogP contribution in [-0.4, -0.2) is 30.9 Å². The van der Waals surface area contributed by atoms with Gasteiger partial charge in [0, 0.05) is 19.8 Å². The quantitative estimate of drug-likeness (QED) is 0.292. The lowest BCUT2D eigenvalue weighted by atomic mass is 9.47. The Bertz CT molecular complexity index is 830. The van der Waals surface area contributed by atoms with Crippen LogP contribution < -0.4 is 0 Å². The minimum Gasteiger partial charge on any atom is -0.463 e. The number of hydrogen-bond donors (Lipinski definition) is 0. The molecule has 4 rings (SSSR count). The predicted molar refractivity (Wildman–Crippen MR) is 126 cm³/mol. The fourth-order valence-electron chi connectivity index (χ4n) is 8.71. The number of hydrogen-bond acceptors (Lipinski definition) is 5. The minimum absolute atomic E-state index is 0.0524. The highest BCUT2D eigenvalue weighted by Gasteiger charge is 2.59. The van der Waals surface area contributed by atoms with Gasteiger partial charge in [0.25, 0.3) is 0 Å². The van der Waals surface area contributed by atoms with Gasteiger partial charge < -0.3 is 9.47 Å². The number of ether oxygens (including phenoxy) is 2. The summed E-state index contributed by atoms with van der Waals surface area (Å²) in [4.78, 5) is 35.0. The lowest BCUT2D eigenvalue weighted by Gasteiger charge is -2.58. The lowest BCUT2D eigenvalue weighted by molar-refractivity contribution is -0.151. The number of rotatable bonds is 6. The van der Waals surface area contributed by atoms with Crippen molar-refractivity contribution in [2.75, 3.05) is 7.11 Å². The smallest absolute Gasteiger partial charge is 0.374 e. The molecule has 0 spiro atoms.